The zero-order valence-corrected chi connectivity index (χ0v) is 9.12. The number of rotatable bonds is 1. The summed E-state index contributed by atoms with van der Waals surface area (Å²) in [7, 11) is 0. The Morgan fingerprint density at radius 2 is 2.14 bits per heavy atom. The van der Waals surface area contributed by atoms with Crippen LogP contribution in [0.2, 0.25) is 0 Å². The van der Waals surface area contributed by atoms with Crippen LogP contribution in [0.15, 0.2) is 22.7 Å². The van der Waals surface area contributed by atoms with Crippen molar-refractivity contribution in [3.8, 4) is 5.75 Å². The van der Waals surface area contributed by atoms with Gasteiger partial charge in [0.25, 0.3) is 5.91 Å². The zero-order chi connectivity index (χ0) is 10.1. The molecule has 1 aliphatic heterocycles. The predicted octanol–water partition coefficient (Wildman–Crippen LogP) is 2.00. The number of nitrogens with zero attached hydrogens (tertiary/aromatic N) is 1. The van der Waals surface area contributed by atoms with Crippen molar-refractivity contribution >= 4 is 21.8 Å². The molecule has 1 heterocycles. The van der Waals surface area contributed by atoms with Crippen LogP contribution in [0.1, 0.15) is 16.8 Å². The average Bonchev–Trinajstić information content (AvgIpc) is 2.00. The van der Waals surface area contributed by atoms with Gasteiger partial charge in [0.05, 0.1) is 5.56 Å². The molecule has 1 amide bonds. The normalized spacial score (nSPS) is 15.1. The number of carbonyl (C=O) groups is 1. The number of benzene rings is 1. The van der Waals surface area contributed by atoms with Crippen molar-refractivity contribution in [2.24, 2.45) is 0 Å². The second kappa shape index (κ2) is 3.61. The minimum atomic E-state index is -0.0822. The molecule has 74 valence electrons. The van der Waals surface area contributed by atoms with Crippen molar-refractivity contribution in [2.45, 2.75) is 6.42 Å². The molecule has 1 aromatic rings. The lowest BCUT2D eigenvalue weighted by Crippen LogP contribution is -2.42. The Morgan fingerprint density at radius 3 is 2.64 bits per heavy atom. The Balaban J connectivity index is 2.26. The van der Waals surface area contributed by atoms with Crippen molar-refractivity contribution in [1.82, 2.24) is 4.90 Å². The molecule has 0 saturated carbocycles. The first-order valence-corrected chi connectivity index (χ1v) is 5.25. The fourth-order valence-electron chi connectivity index (χ4n) is 1.38. The minimum Gasteiger partial charge on any atom is -0.507 e. The van der Waals surface area contributed by atoms with Crippen molar-refractivity contribution in [3.05, 3.63) is 28.2 Å². The van der Waals surface area contributed by atoms with Gasteiger partial charge in [0.2, 0.25) is 0 Å². The van der Waals surface area contributed by atoms with E-state index in [1.807, 2.05) is 0 Å². The van der Waals surface area contributed by atoms with Crippen molar-refractivity contribution in [2.75, 3.05) is 13.1 Å². The van der Waals surface area contributed by atoms with E-state index < -0.39 is 0 Å². The van der Waals surface area contributed by atoms with Crippen LogP contribution in [-0.4, -0.2) is 29.0 Å². The molecule has 0 unspecified atom stereocenters. The number of hydrogen-bond acceptors (Lipinski definition) is 2. The number of carbonyl (C=O) groups excluding carboxylic acids is 1. The highest BCUT2D eigenvalue weighted by Crippen LogP contribution is 2.24. The Labute approximate surface area is 90.5 Å². The van der Waals surface area contributed by atoms with Gasteiger partial charge >= 0.3 is 0 Å². The lowest BCUT2D eigenvalue weighted by Gasteiger charge is -2.31. The van der Waals surface area contributed by atoms with Gasteiger partial charge in [0.15, 0.2) is 0 Å². The Bertz CT molecular complexity index is 374. The van der Waals surface area contributed by atoms with Crippen LogP contribution in [0.3, 0.4) is 0 Å². The first-order valence-electron chi connectivity index (χ1n) is 4.46. The molecule has 1 N–H and O–H groups in total. The van der Waals surface area contributed by atoms with E-state index in [0.29, 0.717) is 5.56 Å². The van der Waals surface area contributed by atoms with Crippen LogP contribution >= 0.6 is 15.9 Å². The second-order valence-corrected chi connectivity index (χ2v) is 4.22. The Hall–Kier alpha value is -1.03. The molecule has 0 aliphatic carbocycles. The first kappa shape index (κ1) is 9.52. The number of aromatic hydroxyl groups is 1. The number of halogens is 1. The third kappa shape index (κ3) is 1.62. The van der Waals surface area contributed by atoms with E-state index in [1.165, 1.54) is 6.07 Å². The lowest BCUT2D eigenvalue weighted by molar-refractivity contribution is 0.0648. The maximum atomic E-state index is 11.7. The third-order valence-corrected chi connectivity index (χ3v) is 2.83. The summed E-state index contributed by atoms with van der Waals surface area (Å²) in [5, 5.41) is 9.55. The van der Waals surface area contributed by atoms with Crippen molar-refractivity contribution < 1.29 is 9.90 Å². The molecule has 2 rings (SSSR count). The van der Waals surface area contributed by atoms with E-state index >= 15 is 0 Å². The van der Waals surface area contributed by atoms with Crippen LogP contribution in [0.25, 0.3) is 0 Å². The molecular formula is C10H10BrNO2. The van der Waals surface area contributed by atoms with Crippen LogP contribution in [0, 0.1) is 0 Å². The second-order valence-electron chi connectivity index (χ2n) is 3.31. The number of amides is 1. The quantitative estimate of drug-likeness (QED) is 0.834. The Kier molecular flexibility index (Phi) is 2.46. The molecule has 4 heteroatoms. The van der Waals surface area contributed by atoms with E-state index in [1.54, 1.807) is 17.0 Å². The number of phenols is 1. The molecule has 0 aromatic heterocycles. The monoisotopic (exact) mass is 255 g/mol. The Morgan fingerprint density at radius 1 is 1.43 bits per heavy atom. The number of phenolic OH excluding ortho intramolecular Hbond substituents is 1. The third-order valence-electron chi connectivity index (χ3n) is 2.33. The molecule has 3 nitrogen and oxygen atoms in total. The van der Waals surface area contributed by atoms with Crippen molar-refractivity contribution in [3.63, 3.8) is 0 Å². The largest absolute Gasteiger partial charge is 0.507 e. The van der Waals surface area contributed by atoms with Gasteiger partial charge in [0.1, 0.15) is 5.75 Å². The molecule has 0 radical (unpaired) electrons. The van der Waals surface area contributed by atoms with E-state index in [0.717, 1.165) is 24.0 Å². The van der Waals surface area contributed by atoms with Crippen LogP contribution in [0.5, 0.6) is 5.75 Å². The summed E-state index contributed by atoms with van der Waals surface area (Å²) in [4.78, 5) is 13.4. The topological polar surface area (TPSA) is 40.5 Å². The summed E-state index contributed by atoms with van der Waals surface area (Å²) in [5.74, 6) is -0.0440. The van der Waals surface area contributed by atoms with Gasteiger partial charge in [-0.3, -0.25) is 4.79 Å². The molecule has 0 bridgehead atoms. The highest BCUT2D eigenvalue weighted by atomic mass is 79.9. The molecule has 1 saturated heterocycles. The van der Waals surface area contributed by atoms with E-state index in [9.17, 15) is 9.90 Å². The van der Waals surface area contributed by atoms with Gasteiger partial charge in [0, 0.05) is 17.6 Å². The summed E-state index contributed by atoms with van der Waals surface area (Å²) in [5.41, 5.74) is 0.382. The maximum absolute atomic E-state index is 11.7. The predicted molar refractivity (Wildman–Crippen MR) is 56.3 cm³/mol. The van der Waals surface area contributed by atoms with Crippen molar-refractivity contribution in [1.29, 1.82) is 0 Å². The molecule has 14 heavy (non-hydrogen) atoms. The summed E-state index contributed by atoms with van der Waals surface area (Å²) < 4.78 is 0.773. The van der Waals surface area contributed by atoms with E-state index in [4.69, 9.17) is 0 Å². The smallest absolute Gasteiger partial charge is 0.257 e. The molecule has 0 spiro atoms. The van der Waals surface area contributed by atoms with Gasteiger partial charge in [-0.25, -0.2) is 0 Å². The fraction of sp³-hybridized carbons (Fsp3) is 0.300. The molecule has 1 aliphatic rings. The van der Waals surface area contributed by atoms with Crippen LogP contribution in [0.4, 0.5) is 0 Å². The lowest BCUT2D eigenvalue weighted by atomic mass is 10.1. The van der Waals surface area contributed by atoms with Gasteiger partial charge < -0.3 is 10.0 Å². The standard InChI is InChI=1S/C10H10BrNO2/c11-7-2-3-8(9(13)6-7)10(14)12-4-1-5-12/h2-3,6,13H,1,4-5H2. The first-order chi connectivity index (χ1) is 6.68. The van der Waals surface area contributed by atoms with Crippen LogP contribution < -0.4 is 0 Å². The molecule has 0 atom stereocenters. The molecule has 1 aromatic carbocycles. The van der Waals surface area contributed by atoms with Gasteiger partial charge in [-0.15, -0.1) is 0 Å². The summed E-state index contributed by atoms with van der Waals surface area (Å²) >= 11 is 3.23. The van der Waals surface area contributed by atoms with Gasteiger partial charge in [-0.05, 0) is 24.6 Å². The van der Waals surface area contributed by atoms with Gasteiger partial charge in [-0.2, -0.15) is 0 Å². The highest BCUT2D eigenvalue weighted by molar-refractivity contribution is 9.10. The number of hydrogen-bond donors (Lipinski definition) is 1. The SMILES string of the molecule is O=C(c1ccc(Br)cc1O)N1CCC1. The average molecular weight is 256 g/mol. The maximum Gasteiger partial charge on any atom is 0.257 e. The summed E-state index contributed by atoms with van der Waals surface area (Å²) in [6.07, 6.45) is 1.06. The molecule has 1 fully saturated rings. The minimum absolute atomic E-state index is 0.0382. The van der Waals surface area contributed by atoms with E-state index in [2.05, 4.69) is 15.9 Å². The van der Waals surface area contributed by atoms with Crippen LogP contribution in [-0.2, 0) is 0 Å². The number of likely N-dealkylation sites (tertiary alicyclic amines) is 1. The molecular weight excluding hydrogens is 246 g/mol. The highest BCUT2D eigenvalue weighted by Gasteiger charge is 2.23. The van der Waals surface area contributed by atoms with E-state index in [-0.39, 0.29) is 11.7 Å². The summed E-state index contributed by atoms with van der Waals surface area (Å²) in [6, 6.07) is 4.93. The zero-order valence-electron chi connectivity index (χ0n) is 7.53. The fourth-order valence-corrected chi connectivity index (χ4v) is 1.72. The summed E-state index contributed by atoms with van der Waals surface area (Å²) in [6.45, 7) is 1.60. The van der Waals surface area contributed by atoms with Gasteiger partial charge in [-0.1, -0.05) is 15.9 Å².